The molecule has 0 aromatic carbocycles. The van der Waals surface area contributed by atoms with Gasteiger partial charge in [-0.3, -0.25) is 4.79 Å². The molecule has 0 radical (unpaired) electrons. The molecule has 1 saturated heterocycles. The summed E-state index contributed by atoms with van der Waals surface area (Å²) in [5.74, 6) is -0.254. The first-order valence-corrected chi connectivity index (χ1v) is 5.16. The number of carbonyl (C=O) groups excluding carboxylic acids is 2. The number of hydrogen-bond donors (Lipinski definition) is 3. The number of primary amides is 1. The van der Waals surface area contributed by atoms with E-state index in [1.807, 2.05) is 0 Å². The van der Waals surface area contributed by atoms with Gasteiger partial charge in [-0.2, -0.15) is 0 Å². The highest BCUT2D eigenvalue weighted by Gasteiger charge is 2.26. The second kappa shape index (κ2) is 4.57. The molecule has 1 aliphatic heterocycles. The van der Waals surface area contributed by atoms with Crippen molar-refractivity contribution in [3.8, 4) is 0 Å². The fraction of sp³-hybridized carbons (Fsp3) is 0.667. The SMILES string of the molecule is NC(=O)CSC1NC(=O)NCC1Cl. The molecule has 4 N–H and O–H groups in total. The summed E-state index contributed by atoms with van der Waals surface area (Å²) < 4.78 is 0. The largest absolute Gasteiger partial charge is 0.369 e. The van der Waals surface area contributed by atoms with Gasteiger partial charge in [0.1, 0.15) is 0 Å². The van der Waals surface area contributed by atoms with Crippen molar-refractivity contribution >= 4 is 35.3 Å². The van der Waals surface area contributed by atoms with Gasteiger partial charge in [0.15, 0.2) is 0 Å². The number of rotatable bonds is 3. The third-order valence-electron chi connectivity index (χ3n) is 1.46. The molecule has 0 aromatic rings. The highest BCUT2D eigenvalue weighted by Crippen LogP contribution is 2.17. The van der Waals surface area contributed by atoms with Gasteiger partial charge < -0.3 is 16.4 Å². The van der Waals surface area contributed by atoms with E-state index in [0.29, 0.717) is 6.54 Å². The molecule has 5 nitrogen and oxygen atoms in total. The van der Waals surface area contributed by atoms with Crippen molar-refractivity contribution in [3.05, 3.63) is 0 Å². The second-order valence-electron chi connectivity index (χ2n) is 2.57. The highest BCUT2D eigenvalue weighted by molar-refractivity contribution is 8.00. The standard InChI is InChI=1S/C6H10ClN3O2S/c7-3-1-9-6(12)10-5(3)13-2-4(8)11/h3,5H,1-2H2,(H2,8,11)(H2,9,10,12). The van der Waals surface area contributed by atoms with Crippen molar-refractivity contribution in [2.75, 3.05) is 12.3 Å². The Morgan fingerprint density at radius 1 is 1.77 bits per heavy atom. The number of carbonyl (C=O) groups is 2. The Bertz CT molecular complexity index is 226. The topological polar surface area (TPSA) is 84.2 Å². The maximum Gasteiger partial charge on any atom is 0.315 e. The summed E-state index contributed by atoms with van der Waals surface area (Å²) >= 11 is 7.12. The zero-order valence-electron chi connectivity index (χ0n) is 6.75. The molecule has 2 unspecified atom stereocenters. The smallest absolute Gasteiger partial charge is 0.315 e. The molecule has 1 rings (SSSR count). The molecular weight excluding hydrogens is 214 g/mol. The summed E-state index contributed by atoms with van der Waals surface area (Å²) in [5, 5.41) is 4.66. The van der Waals surface area contributed by atoms with Gasteiger partial charge in [0.25, 0.3) is 0 Å². The average molecular weight is 224 g/mol. The minimum atomic E-state index is -0.415. The van der Waals surface area contributed by atoms with Gasteiger partial charge in [-0.25, -0.2) is 4.79 Å². The van der Waals surface area contributed by atoms with Crippen LogP contribution < -0.4 is 16.4 Å². The van der Waals surface area contributed by atoms with Crippen LogP contribution in [0, 0.1) is 0 Å². The van der Waals surface area contributed by atoms with Gasteiger partial charge in [0, 0.05) is 6.54 Å². The molecule has 13 heavy (non-hydrogen) atoms. The molecule has 3 amide bonds. The fourth-order valence-electron chi connectivity index (χ4n) is 0.886. The monoisotopic (exact) mass is 223 g/mol. The summed E-state index contributed by atoms with van der Waals surface area (Å²) in [6, 6.07) is -0.265. The first kappa shape index (κ1) is 10.5. The van der Waals surface area contributed by atoms with Gasteiger partial charge in [-0.15, -0.1) is 23.4 Å². The average Bonchev–Trinajstić information content (AvgIpc) is 2.06. The summed E-state index contributed by atoms with van der Waals surface area (Å²) in [4.78, 5) is 21.3. The lowest BCUT2D eigenvalue weighted by atomic mass is 10.3. The van der Waals surface area contributed by atoms with Crippen LogP contribution in [0.5, 0.6) is 0 Å². The van der Waals surface area contributed by atoms with Gasteiger partial charge in [0.2, 0.25) is 5.91 Å². The molecule has 7 heteroatoms. The number of amides is 3. The number of hydrogen-bond acceptors (Lipinski definition) is 3. The van der Waals surface area contributed by atoms with Gasteiger partial charge >= 0.3 is 6.03 Å². The van der Waals surface area contributed by atoms with E-state index in [9.17, 15) is 9.59 Å². The quantitative estimate of drug-likeness (QED) is 0.562. The van der Waals surface area contributed by atoms with Gasteiger partial charge in [-0.05, 0) is 0 Å². The maximum absolute atomic E-state index is 10.9. The number of alkyl halides is 1. The van der Waals surface area contributed by atoms with E-state index in [-0.39, 0.29) is 22.5 Å². The van der Waals surface area contributed by atoms with Crippen LogP contribution >= 0.6 is 23.4 Å². The summed E-state index contributed by atoms with van der Waals surface area (Å²) in [6.07, 6.45) is 0. The van der Waals surface area contributed by atoms with E-state index in [4.69, 9.17) is 17.3 Å². The van der Waals surface area contributed by atoms with E-state index in [0.717, 1.165) is 0 Å². The Balaban J connectivity index is 2.37. The van der Waals surface area contributed by atoms with E-state index in [2.05, 4.69) is 10.6 Å². The van der Waals surface area contributed by atoms with Crippen LogP contribution in [0.2, 0.25) is 0 Å². The lowest BCUT2D eigenvalue weighted by Crippen LogP contribution is -2.54. The predicted molar refractivity (Wildman–Crippen MR) is 51.6 cm³/mol. The summed E-state index contributed by atoms with van der Waals surface area (Å²) in [6.45, 7) is 0.407. The molecule has 1 heterocycles. The van der Waals surface area contributed by atoms with E-state index < -0.39 is 5.91 Å². The first-order chi connectivity index (χ1) is 6.09. The number of nitrogens with one attached hydrogen (secondary N) is 2. The molecule has 1 fully saturated rings. The lowest BCUT2D eigenvalue weighted by molar-refractivity contribution is -0.115. The van der Waals surface area contributed by atoms with Crippen LogP contribution in [-0.4, -0.2) is 35.0 Å². The Morgan fingerprint density at radius 3 is 3.08 bits per heavy atom. The Morgan fingerprint density at radius 2 is 2.46 bits per heavy atom. The minimum absolute atomic E-state index is 0.161. The van der Waals surface area contributed by atoms with Gasteiger partial charge in [-0.1, -0.05) is 0 Å². The third-order valence-corrected chi connectivity index (χ3v) is 3.28. The maximum atomic E-state index is 10.9. The van der Waals surface area contributed by atoms with Crippen LogP contribution in [0.1, 0.15) is 0 Å². The molecule has 1 aliphatic rings. The summed E-state index contributed by atoms with van der Waals surface area (Å²) in [7, 11) is 0. The minimum Gasteiger partial charge on any atom is -0.369 e. The van der Waals surface area contributed by atoms with Crippen LogP contribution in [-0.2, 0) is 4.79 Å². The Hall–Kier alpha value is -0.620. The van der Waals surface area contributed by atoms with Crippen molar-refractivity contribution in [1.82, 2.24) is 10.6 Å². The molecule has 0 spiro atoms. The molecular formula is C6H10ClN3O2S. The summed E-state index contributed by atoms with van der Waals surface area (Å²) in [5.41, 5.74) is 4.96. The van der Waals surface area contributed by atoms with Crippen molar-refractivity contribution in [1.29, 1.82) is 0 Å². The molecule has 0 aromatic heterocycles. The molecule has 0 aliphatic carbocycles. The normalized spacial score (nSPS) is 27.6. The fourth-order valence-corrected chi connectivity index (χ4v) is 2.08. The Kier molecular flexibility index (Phi) is 3.68. The Labute approximate surface area is 84.7 Å². The zero-order valence-corrected chi connectivity index (χ0v) is 8.32. The first-order valence-electron chi connectivity index (χ1n) is 3.68. The van der Waals surface area contributed by atoms with Crippen molar-refractivity contribution in [2.24, 2.45) is 5.73 Å². The van der Waals surface area contributed by atoms with Crippen LogP contribution in [0.15, 0.2) is 0 Å². The highest BCUT2D eigenvalue weighted by atomic mass is 35.5. The lowest BCUT2D eigenvalue weighted by Gasteiger charge is -2.27. The number of thioether (sulfide) groups is 1. The third kappa shape index (κ3) is 3.31. The number of urea groups is 1. The van der Waals surface area contributed by atoms with Crippen LogP contribution in [0.3, 0.4) is 0 Å². The van der Waals surface area contributed by atoms with E-state index in [1.165, 1.54) is 11.8 Å². The van der Waals surface area contributed by atoms with Gasteiger partial charge in [0.05, 0.1) is 16.5 Å². The number of nitrogens with two attached hydrogens (primary N) is 1. The number of halogens is 1. The molecule has 0 saturated carbocycles. The molecule has 2 atom stereocenters. The van der Waals surface area contributed by atoms with Crippen molar-refractivity contribution < 1.29 is 9.59 Å². The van der Waals surface area contributed by atoms with E-state index >= 15 is 0 Å². The van der Waals surface area contributed by atoms with Crippen LogP contribution in [0.4, 0.5) is 4.79 Å². The zero-order chi connectivity index (χ0) is 9.84. The van der Waals surface area contributed by atoms with E-state index in [1.54, 1.807) is 0 Å². The van der Waals surface area contributed by atoms with Crippen molar-refractivity contribution in [3.63, 3.8) is 0 Å². The molecule has 74 valence electrons. The molecule has 0 bridgehead atoms. The second-order valence-corrected chi connectivity index (χ2v) is 4.26. The van der Waals surface area contributed by atoms with Crippen molar-refractivity contribution in [2.45, 2.75) is 10.8 Å². The van der Waals surface area contributed by atoms with Crippen LogP contribution in [0.25, 0.3) is 0 Å². The predicted octanol–water partition coefficient (Wildman–Crippen LogP) is -0.549.